The Morgan fingerprint density at radius 1 is 1.06 bits per heavy atom. The molecule has 1 atom stereocenters. The van der Waals surface area contributed by atoms with E-state index in [1.54, 1.807) is 0 Å². The van der Waals surface area contributed by atoms with Gasteiger partial charge in [0.1, 0.15) is 5.56 Å². The van der Waals surface area contributed by atoms with Crippen molar-refractivity contribution in [2.75, 3.05) is 5.75 Å². The largest absolute Gasteiger partial charge is 0.349 e. The maximum atomic E-state index is 13.3. The molecule has 1 N–H and O–H groups in total. The van der Waals surface area contributed by atoms with Crippen LogP contribution < -0.4 is 10.9 Å². The highest BCUT2D eigenvalue weighted by Crippen LogP contribution is 2.30. The lowest BCUT2D eigenvalue weighted by molar-refractivity contribution is -0.119. The Morgan fingerprint density at radius 3 is 2.56 bits per heavy atom. The van der Waals surface area contributed by atoms with Crippen LogP contribution in [0.3, 0.4) is 0 Å². The molecular weight excluding hydrogens is 446 g/mol. The minimum atomic E-state index is -0.134. The Labute approximate surface area is 202 Å². The highest BCUT2D eigenvalue weighted by molar-refractivity contribution is 7.99. The normalized spacial score (nSPS) is 14.4. The van der Waals surface area contributed by atoms with Crippen LogP contribution in [0, 0.1) is 0 Å². The van der Waals surface area contributed by atoms with E-state index in [-0.39, 0.29) is 23.3 Å². The van der Waals surface area contributed by atoms with E-state index in [1.165, 1.54) is 16.4 Å². The van der Waals surface area contributed by atoms with Gasteiger partial charge in [0.15, 0.2) is 11.0 Å². The van der Waals surface area contributed by atoms with Crippen molar-refractivity contribution in [3.8, 4) is 17.1 Å². The Balaban J connectivity index is 1.44. The van der Waals surface area contributed by atoms with Crippen molar-refractivity contribution in [2.45, 2.75) is 50.4 Å². The molecule has 3 heterocycles. The summed E-state index contributed by atoms with van der Waals surface area (Å²) in [7, 11) is 0. The van der Waals surface area contributed by atoms with Crippen molar-refractivity contribution >= 4 is 17.7 Å². The third kappa shape index (κ3) is 4.50. The molecule has 0 fully saturated rings. The molecule has 3 aliphatic rings. The predicted octanol–water partition coefficient (Wildman–Crippen LogP) is 4.23. The van der Waals surface area contributed by atoms with Crippen LogP contribution in [0.5, 0.6) is 0 Å². The molecule has 0 bridgehead atoms. The van der Waals surface area contributed by atoms with Gasteiger partial charge in [-0.05, 0) is 43.9 Å². The first-order valence-corrected chi connectivity index (χ1v) is 12.7. The lowest BCUT2D eigenvalue weighted by Crippen LogP contribution is -2.28. The van der Waals surface area contributed by atoms with Gasteiger partial charge >= 0.3 is 0 Å². The van der Waals surface area contributed by atoms with E-state index < -0.39 is 0 Å². The molecule has 1 amide bonds. The number of thioether (sulfide) groups is 1. The van der Waals surface area contributed by atoms with Gasteiger partial charge in [-0.2, -0.15) is 4.68 Å². The summed E-state index contributed by atoms with van der Waals surface area (Å²) in [6, 6.07) is 19.3. The lowest BCUT2D eigenvalue weighted by Gasteiger charge is -2.18. The number of hydrogen-bond donors (Lipinski definition) is 1. The molecule has 0 aliphatic carbocycles. The van der Waals surface area contributed by atoms with Gasteiger partial charge in [-0.25, -0.2) is 4.98 Å². The third-order valence-electron chi connectivity index (χ3n) is 6.18. The zero-order valence-electron chi connectivity index (χ0n) is 19.1. The molecule has 1 unspecified atom stereocenters. The summed E-state index contributed by atoms with van der Waals surface area (Å²) in [5.41, 5.74) is 3.23. The monoisotopic (exact) mass is 473 g/mol. The van der Waals surface area contributed by atoms with E-state index in [2.05, 4.69) is 15.0 Å². The molecule has 34 heavy (non-hydrogen) atoms. The fourth-order valence-corrected chi connectivity index (χ4v) is 5.30. The number of hydrogen-bond acceptors (Lipinski definition) is 5. The van der Waals surface area contributed by atoms with Crippen molar-refractivity contribution in [3.63, 3.8) is 0 Å². The number of para-hydroxylation sites is 1. The van der Waals surface area contributed by atoms with E-state index in [4.69, 9.17) is 4.98 Å². The summed E-state index contributed by atoms with van der Waals surface area (Å²) in [5, 5.41) is 8.37. The van der Waals surface area contributed by atoms with Gasteiger partial charge < -0.3 is 9.88 Å². The summed E-state index contributed by atoms with van der Waals surface area (Å²) < 4.78 is 3.57. The first-order chi connectivity index (χ1) is 16.6. The number of carbonyl (C=O) groups excluding carboxylic acids is 1. The Morgan fingerprint density at radius 2 is 1.79 bits per heavy atom. The van der Waals surface area contributed by atoms with Gasteiger partial charge in [0, 0.05) is 12.2 Å². The van der Waals surface area contributed by atoms with Crippen molar-refractivity contribution in [2.24, 2.45) is 0 Å². The summed E-state index contributed by atoms with van der Waals surface area (Å²) in [5.74, 6) is 0.645. The molecule has 8 heteroatoms. The van der Waals surface area contributed by atoms with Crippen LogP contribution in [0.4, 0.5) is 0 Å². The van der Waals surface area contributed by atoms with E-state index in [9.17, 15) is 9.59 Å². The number of amides is 1. The van der Waals surface area contributed by atoms with E-state index in [1.807, 2.05) is 67.6 Å². The van der Waals surface area contributed by atoms with Gasteiger partial charge in [0.2, 0.25) is 5.91 Å². The summed E-state index contributed by atoms with van der Waals surface area (Å²) >= 11 is 1.40. The number of carbonyl (C=O) groups is 1. The number of fused-ring (bicyclic) bond motifs is 3. The van der Waals surface area contributed by atoms with Gasteiger partial charge in [-0.3, -0.25) is 9.59 Å². The first kappa shape index (κ1) is 22.4. The molecule has 174 valence electrons. The Bertz CT molecular complexity index is 1320. The topological polar surface area (TPSA) is 81.8 Å². The Kier molecular flexibility index (Phi) is 6.49. The van der Waals surface area contributed by atoms with Gasteiger partial charge in [-0.15, -0.1) is 5.10 Å². The highest BCUT2D eigenvalue weighted by atomic mass is 32.2. The summed E-state index contributed by atoms with van der Waals surface area (Å²) in [6.45, 7) is 2.77. The molecule has 0 saturated carbocycles. The molecule has 0 spiro atoms. The molecule has 0 aromatic heterocycles. The lowest BCUT2D eigenvalue weighted by atomic mass is 10.1. The first-order valence-electron chi connectivity index (χ1n) is 11.7. The average molecular weight is 474 g/mol. The number of nitrogens with zero attached hydrogens (tertiary/aromatic N) is 4. The smallest absolute Gasteiger partial charge is 0.284 e. The fraction of sp³-hybridized carbons (Fsp3) is 0.308. The average Bonchev–Trinajstić information content (AvgIpc) is 3.03. The summed E-state index contributed by atoms with van der Waals surface area (Å²) in [6.07, 6.45) is 3.95. The molecule has 0 saturated heterocycles. The molecule has 0 radical (unpaired) electrons. The van der Waals surface area contributed by atoms with Gasteiger partial charge in [0.25, 0.3) is 5.56 Å². The number of aromatic nitrogens is 4. The van der Waals surface area contributed by atoms with Crippen molar-refractivity contribution < 1.29 is 4.79 Å². The summed E-state index contributed by atoms with van der Waals surface area (Å²) in [4.78, 5) is 30.8. The maximum Gasteiger partial charge on any atom is 0.284 e. The number of benzene rings is 2. The fourth-order valence-electron chi connectivity index (χ4n) is 4.45. The van der Waals surface area contributed by atoms with Crippen LogP contribution in [-0.2, 0) is 17.8 Å². The molecular formula is C26H27N5O2S. The highest BCUT2D eigenvalue weighted by Gasteiger charge is 2.27. The van der Waals surface area contributed by atoms with Crippen LogP contribution in [0.15, 0.2) is 70.6 Å². The maximum absolute atomic E-state index is 13.3. The van der Waals surface area contributed by atoms with Crippen LogP contribution in [0.25, 0.3) is 17.1 Å². The predicted molar refractivity (Wildman–Crippen MR) is 134 cm³/mol. The van der Waals surface area contributed by atoms with Crippen molar-refractivity contribution in [1.29, 1.82) is 0 Å². The van der Waals surface area contributed by atoms with Gasteiger partial charge in [-0.1, -0.05) is 66.7 Å². The molecule has 3 aliphatic heterocycles. The number of nitrogens with one attached hydrogen (secondary N) is 1. The quantitative estimate of drug-likeness (QED) is 0.335. The van der Waals surface area contributed by atoms with E-state index >= 15 is 0 Å². The minimum Gasteiger partial charge on any atom is -0.349 e. The van der Waals surface area contributed by atoms with Gasteiger partial charge in [0.05, 0.1) is 17.5 Å². The van der Waals surface area contributed by atoms with Crippen LogP contribution in [-0.4, -0.2) is 31.0 Å². The van der Waals surface area contributed by atoms with E-state index in [0.717, 1.165) is 54.3 Å². The standard InChI is InChI=1S/C26H27N5O2S/c1-18(19-11-5-2-6-12-19)27-22(32)17-34-26-28-24-23(21-15-9-4-10-16-30(21)26)25(33)31(29-24)20-13-7-3-8-14-20/h2-3,5-8,11-14,18H,4,9-10,15-17H2,1H3,(H,27,32). The Hall–Kier alpha value is -3.39. The second-order valence-corrected chi connectivity index (χ2v) is 9.49. The minimum absolute atomic E-state index is 0.0504. The van der Waals surface area contributed by atoms with Crippen molar-refractivity contribution in [3.05, 3.63) is 82.3 Å². The second kappa shape index (κ2) is 9.85. The van der Waals surface area contributed by atoms with Crippen LogP contribution in [0.2, 0.25) is 0 Å². The van der Waals surface area contributed by atoms with Crippen molar-refractivity contribution in [1.82, 2.24) is 24.6 Å². The number of rotatable bonds is 6. The second-order valence-electron chi connectivity index (χ2n) is 8.54. The molecule has 7 nitrogen and oxygen atoms in total. The zero-order valence-corrected chi connectivity index (χ0v) is 19.9. The molecule has 2 aromatic carbocycles. The third-order valence-corrected chi connectivity index (χ3v) is 7.15. The molecule has 2 aromatic rings. The van der Waals surface area contributed by atoms with E-state index in [0.29, 0.717) is 11.4 Å². The molecule has 5 rings (SSSR count). The van der Waals surface area contributed by atoms with Crippen LogP contribution >= 0.6 is 11.8 Å². The van der Waals surface area contributed by atoms with Crippen LogP contribution in [0.1, 0.15) is 43.5 Å². The zero-order chi connectivity index (χ0) is 23.5. The SMILES string of the molecule is CC(NC(=O)CSc1nc2nn(-c3ccccc3)c(=O)c-2c2n1CCCCC2)c1ccccc1.